The van der Waals surface area contributed by atoms with Gasteiger partial charge >= 0.3 is 0 Å². The molecule has 0 atom stereocenters. The number of hydrogen-bond acceptors (Lipinski definition) is 2. The highest BCUT2D eigenvalue weighted by molar-refractivity contribution is 7.93. The first-order chi connectivity index (χ1) is 19.7. The number of aromatic nitrogens is 2. The monoisotopic (exact) mass is 537 g/mol. The molecule has 0 saturated carbocycles. The first-order valence-corrected chi connectivity index (χ1v) is 14.6. The van der Waals surface area contributed by atoms with Crippen LogP contribution in [0.15, 0.2) is 145 Å². The Balaban J connectivity index is 1.65. The molecule has 7 aromatic rings. The average Bonchev–Trinajstić information content (AvgIpc) is 3.53. The van der Waals surface area contributed by atoms with Gasteiger partial charge in [-0.2, -0.15) is 8.42 Å². The van der Waals surface area contributed by atoms with Crippen molar-refractivity contribution >= 4 is 43.2 Å². The lowest BCUT2D eigenvalue weighted by Gasteiger charge is -2.31. The smallest absolute Gasteiger partial charge is 0.285 e. The molecule has 5 nitrogen and oxygen atoms in total. The van der Waals surface area contributed by atoms with Gasteiger partial charge in [0.25, 0.3) is 10.0 Å². The van der Waals surface area contributed by atoms with Gasteiger partial charge in [-0.1, -0.05) is 91.0 Å². The van der Waals surface area contributed by atoms with Crippen LogP contribution in [0.25, 0.3) is 44.4 Å². The normalized spacial score (nSPS) is 13.8. The molecule has 0 unspecified atom stereocenters. The summed E-state index contributed by atoms with van der Waals surface area (Å²) in [6.45, 7) is 0. The van der Waals surface area contributed by atoms with Crippen molar-refractivity contribution in [3.05, 3.63) is 140 Å². The second-order valence-electron chi connectivity index (χ2n) is 9.86. The lowest BCUT2D eigenvalue weighted by molar-refractivity contribution is 0.590. The first kappa shape index (κ1) is 22.9. The van der Waals surface area contributed by atoms with Gasteiger partial charge in [-0.25, -0.2) is 4.31 Å². The van der Waals surface area contributed by atoms with Crippen molar-refractivity contribution in [1.29, 1.82) is 0 Å². The van der Waals surface area contributed by atoms with Gasteiger partial charge < -0.3 is 4.57 Å². The van der Waals surface area contributed by atoms with E-state index in [9.17, 15) is 0 Å². The van der Waals surface area contributed by atoms with Gasteiger partial charge in [0.2, 0.25) is 0 Å². The maximum Gasteiger partial charge on any atom is 0.285 e. The molecular formula is C34H23N3O2S. The van der Waals surface area contributed by atoms with Gasteiger partial charge in [0.15, 0.2) is 5.03 Å². The topological polar surface area (TPSA) is 47.2 Å². The molecule has 5 aromatic carbocycles. The van der Waals surface area contributed by atoms with Crippen LogP contribution >= 0.6 is 0 Å². The summed E-state index contributed by atoms with van der Waals surface area (Å²) in [5, 5.41) is 2.02. The number of para-hydroxylation sites is 5. The van der Waals surface area contributed by atoms with Crippen molar-refractivity contribution in [3.8, 4) is 22.6 Å². The number of fused-ring (bicyclic) bond motifs is 7. The van der Waals surface area contributed by atoms with E-state index < -0.39 is 10.0 Å². The van der Waals surface area contributed by atoms with Crippen LogP contribution in [-0.4, -0.2) is 17.6 Å². The number of nitrogens with zero attached hydrogens (tertiary/aromatic N) is 3. The van der Waals surface area contributed by atoms with Crippen molar-refractivity contribution in [2.45, 2.75) is 5.03 Å². The highest BCUT2D eigenvalue weighted by Crippen LogP contribution is 2.55. The van der Waals surface area contributed by atoms with Crippen molar-refractivity contribution in [3.63, 3.8) is 0 Å². The van der Waals surface area contributed by atoms with Gasteiger partial charge in [-0.15, -0.1) is 0 Å². The number of benzene rings is 5. The zero-order valence-corrected chi connectivity index (χ0v) is 22.2. The van der Waals surface area contributed by atoms with Crippen LogP contribution in [-0.2, 0) is 10.0 Å². The van der Waals surface area contributed by atoms with Crippen LogP contribution in [0.3, 0.4) is 0 Å². The molecule has 6 heteroatoms. The third-order valence-corrected chi connectivity index (χ3v) is 9.37. The Morgan fingerprint density at radius 2 is 0.900 bits per heavy atom. The average molecular weight is 538 g/mol. The summed E-state index contributed by atoms with van der Waals surface area (Å²) in [5.74, 6) is 0. The molecule has 0 saturated heterocycles. The van der Waals surface area contributed by atoms with Crippen LogP contribution in [0.1, 0.15) is 0 Å². The van der Waals surface area contributed by atoms with Gasteiger partial charge in [-0.3, -0.25) is 4.57 Å². The predicted octanol–water partition coefficient (Wildman–Crippen LogP) is 8.08. The van der Waals surface area contributed by atoms with E-state index in [0.29, 0.717) is 16.9 Å². The molecule has 0 amide bonds. The van der Waals surface area contributed by atoms with Gasteiger partial charge in [0.05, 0.1) is 28.1 Å². The molecule has 2 aromatic heterocycles. The molecule has 0 aliphatic carbocycles. The van der Waals surface area contributed by atoms with Gasteiger partial charge in [0, 0.05) is 27.7 Å². The first-order valence-electron chi connectivity index (χ1n) is 13.1. The van der Waals surface area contributed by atoms with Crippen molar-refractivity contribution in [2.75, 3.05) is 4.31 Å². The molecule has 0 N–H and O–H groups in total. The van der Waals surface area contributed by atoms with Crippen LogP contribution < -0.4 is 4.31 Å². The minimum Gasteiger partial charge on any atom is -0.307 e. The summed E-state index contributed by atoms with van der Waals surface area (Å²) in [6, 6.07) is 45.3. The van der Waals surface area contributed by atoms with E-state index in [1.54, 1.807) is 0 Å². The van der Waals surface area contributed by atoms with Gasteiger partial charge in [-0.05, 0) is 48.5 Å². The van der Waals surface area contributed by atoms with Crippen LogP contribution in [0.4, 0.5) is 11.4 Å². The summed E-state index contributed by atoms with van der Waals surface area (Å²) < 4.78 is 35.7. The molecule has 3 heterocycles. The molecule has 0 radical (unpaired) electrons. The fraction of sp³-hybridized carbons (Fsp3) is 0. The lowest BCUT2D eigenvalue weighted by Crippen LogP contribution is -2.31. The highest BCUT2D eigenvalue weighted by Gasteiger charge is 2.44. The predicted molar refractivity (Wildman–Crippen MR) is 161 cm³/mol. The number of hydrogen-bond donors (Lipinski definition) is 0. The number of anilines is 2. The summed E-state index contributed by atoms with van der Waals surface area (Å²) in [5.41, 5.74) is 6.36. The van der Waals surface area contributed by atoms with E-state index >= 15 is 8.42 Å². The molecule has 1 aliphatic rings. The van der Waals surface area contributed by atoms with E-state index in [2.05, 4.69) is 22.8 Å². The van der Waals surface area contributed by atoms with Crippen molar-refractivity contribution < 1.29 is 8.42 Å². The summed E-state index contributed by atoms with van der Waals surface area (Å²) in [4.78, 5) is 0. The Morgan fingerprint density at radius 1 is 0.450 bits per heavy atom. The molecule has 40 heavy (non-hydrogen) atoms. The molecular weight excluding hydrogens is 514 g/mol. The second kappa shape index (κ2) is 8.46. The maximum atomic E-state index is 15.0. The Labute approximate surface area is 231 Å². The summed E-state index contributed by atoms with van der Waals surface area (Å²) >= 11 is 0. The zero-order valence-electron chi connectivity index (χ0n) is 21.3. The fourth-order valence-corrected chi connectivity index (χ4v) is 7.96. The molecule has 8 rings (SSSR count). The number of sulfonamides is 1. The standard InChI is InChI=1S/C34H23N3O2S/c38-40(39)34-31(27-20-10-12-22-29(27)36(34)25-16-6-2-7-17-25)33-32(37(40)26-18-8-3-9-19-26)28-21-11-13-23-30(28)35(33)24-14-4-1-5-15-24/h1-23H. The van der Waals surface area contributed by atoms with Crippen LogP contribution in [0.2, 0.25) is 0 Å². The molecule has 0 spiro atoms. The third-order valence-electron chi connectivity index (χ3n) is 7.62. The summed E-state index contributed by atoms with van der Waals surface area (Å²) in [6.07, 6.45) is 0. The Bertz CT molecular complexity index is 2170. The van der Waals surface area contributed by atoms with E-state index in [0.717, 1.165) is 38.9 Å². The molecule has 0 bridgehead atoms. The Kier molecular flexibility index (Phi) is 4.84. The van der Waals surface area contributed by atoms with E-state index in [-0.39, 0.29) is 5.03 Å². The quantitative estimate of drug-likeness (QED) is 0.229. The minimum absolute atomic E-state index is 0.260. The third kappa shape index (κ3) is 3.05. The van der Waals surface area contributed by atoms with Crippen LogP contribution in [0, 0.1) is 0 Å². The Hall–Kier alpha value is -5.07. The van der Waals surface area contributed by atoms with E-state index in [4.69, 9.17) is 0 Å². The molecule has 1 aliphatic heterocycles. The second-order valence-corrected chi connectivity index (χ2v) is 11.6. The fourth-order valence-electron chi connectivity index (χ4n) is 6.06. The minimum atomic E-state index is -4.07. The van der Waals surface area contributed by atoms with E-state index in [1.165, 1.54) is 4.31 Å². The SMILES string of the molecule is O=S1(=O)c2c(c3ccccc3n2-c2ccccc2)-c2c(c3ccccc3n2-c2ccccc2)N1c1ccccc1. The summed E-state index contributed by atoms with van der Waals surface area (Å²) in [7, 11) is -4.07. The molecule has 0 fully saturated rings. The van der Waals surface area contributed by atoms with Crippen molar-refractivity contribution in [1.82, 2.24) is 9.13 Å². The lowest BCUT2D eigenvalue weighted by atomic mass is 10.1. The van der Waals surface area contributed by atoms with Gasteiger partial charge in [0.1, 0.15) is 0 Å². The maximum absolute atomic E-state index is 15.0. The van der Waals surface area contributed by atoms with E-state index in [1.807, 2.05) is 126 Å². The molecule has 192 valence electrons. The Morgan fingerprint density at radius 3 is 1.50 bits per heavy atom. The largest absolute Gasteiger partial charge is 0.307 e. The van der Waals surface area contributed by atoms with Crippen molar-refractivity contribution in [2.24, 2.45) is 0 Å². The number of rotatable bonds is 3. The van der Waals surface area contributed by atoms with Crippen LogP contribution in [0.5, 0.6) is 0 Å². The zero-order chi connectivity index (χ0) is 26.8. The highest BCUT2D eigenvalue weighted by atomic mass is 32.2.